The second-order valence-electron chi connectivity index (χ2n) is 12.2. The van der Waals surface area contributed by atoms with E-state index >= 15 is 0 Å². The van der Waals surface area contributed by atoms with Crippen molar-refractivity contribution in [3.63, 3.8) is 0 Å². The summed E-state index contributed by atoms with van der Waals surface area (Å²) in [5.41, 5.74) is 7.46. The van der Waals surface area contributed by atoms with Crippen LogP contribution in [-0.4, -0.2) is 9.13 Å². The third kappa shape index (κ3) is 4.34. The SMILES string of the molecule is Cc1ccc2c(c1)c1ccccc1n2-c1cc(-c2c(C)cccc2C(F)(F)F)cc(C#N)c1-n1c2ccccc2c2cc(C)ccc21. The molecule has 0 fully saturated rings. The average molecular weight is 620 g/mol. The number of rotatable bonds is 3. The van der Waals surface area contributed by atoms with Crippen molar-refractivity contribution in [2.45, 2.75) is 26.9 Å². The first kappa shape index (κ1) is 28.7. The van der Waals surface area contributed by atoms with Gasteiger partial charge >= 0.3 is 6.18 Å². The van der Waals surface area contributed by atoms with Gasteiger partial charge in [0, 0.05) is 21.5 Å². The average Bonchev–Trinajstić information content (AvgIpc) is 3.55. The standard InChI is InChI=1S/C41H28F3N3/c1-24-15-17-36-31(19-24)29-10-4-6-13-34(29)46(36)38-22-27(39-26(3)9-8-12-33(39)41(42,43)44)21-28(23-45)40(38)47-35-14-7-5-11-30(35)32-20-25(2)16-18-37(32)47/h4-22H,1-3H3. The quantitative estimate of drug-likeness (QED) is 0.194. The normalized spacial score (nSPS) is 12.0. The Hall–Kier alpha value is -5.80. The molecule has 6 heteroatoms. The van der Waals surface area contributed by atoms with E-state index in [4.69, 9.17) is 0 Å². The number of alkyl halides is 3. The summed E-state index contributed by atoms with van der Waals surface area (Å²) < 4.78 is 47.8. The Morgan fingerprint density at radius 2 is 1.13 bits per heavy atom. The molecule has 0 aliphatic carbocycles. The van der Waals surface area contributed by atoms with E-state index in [0.717, 1.165) is 60.8 Å². The molecule has 228 valence electrons. The molecule has 47 heavy (non-hydrogen) atoms. The van der Waals surface area contributed by atoms with Gasteiger partial charge in [-0.3, -0.25) is 0 Å². The van der Waals surface area contributed by atoms with Crippen molar-refractivity contribution in [2.75, 3.05) is 0 Å². The summed E-state index contributed by atoms with van der Waals surface area (Å²) in [6, 6.07) is 38.6. The Morgan fingerprint density at radius 3 is 1.72 bits per heavy atom. The van der Waals surface area contributed by atoms with Gasteiger partial charge in [-0.05, 0) is 92.1 Å². The molecule has 8 rings (SSSR count). The highest BCUT2D eigenvalue weighted by molar-refractivity contribution is 6.12. The fourth-order valence-electron chi connectivity index (χ4n) is 7.22. The van der Waals surface area contributed by atoms with Gasteiger partial charge in [-0.15, -0.1) is 0 Å². The minimum Gasteiger partial charge on any atom is -0.307 e. The van der Waals surface area contributed by atoms with Gasteiger partial charge in [0.1, 0.15) is 6.07 Å². The molecular weight excluding hydrogens is 591 g/mol. The second kappa shape index (κ2) is 10.4. The van der Waals surface area contributed by atoms with Crippen LogP contribution in [0.2, 0.25) is 0 Å². The fraction of sp³-hybridized carbons (Fsp3) is 0.0976. The summed E-state index contributed by atoms with van der Waals surface area (Å²) in [4.78, 5) is 0. The number of hydrogen-bond donors (Lipinski definition) is 0. The van der Waals surface area contributed by atoms with Crippen molar-refractivity contribution in [3.8, 4) is 28.6 Å². The number of halogens is 3. The zero-order valence-corrected chi connectivity index (χ0v) is 25.9. The second-order valence-corrected chi connectivity index (χ2v) is 12.2. The summed E-state index contributed by atoms with van der Waals surface area (Å²) >= 11 is 0. The number of benzene rings is 6. The molecule has 0 aliphatic heterocycles. The molecule has 8 aromatic rings. The van der Waals surface area contributed by atoms with Gasteiger partial charge in [0.05, 0.1) is 44.6 Å². The van der Waals surface area contributed by atoms with Crippen molar-refractivity contribution < 1.29 is 13.2 Å². The predicted molar refractivity (Wildman–Crippen MR) is 184 cm³/mol. The molecule has 0 radical (unpaired) electrons. The zero-order valence-electron chi connectivity index (χ0n) is 25.9. The number of hydrogen-bond acceptors (Lipinski definition) is 1. The van der Waals surface area contributed by atoms with E-state index in [1.54, 1.807) is 19.1 Å². The largest absolute Gasteiger partial charge is 0.417 e. The lowest BCUT2D eigenvalue weighted by molar-refractivity contribution is -0.137. The zero-order chi connectivity index (χ0) is 32.6. The van der Waals surface area contributed by atoms with Crippen molar-refractivity contribution in [1.29, 1.82) is 5.26 Å². The molecular formula is C41H28F3N3. The van der Waals surface area contributed by atoms with Crippen LogP contribution in [0.1, 0.15) is 27.8 Å². The Kier molecular flexibility index (Phi) is 6.32. The monoisotopic (exact) mass is 619 g/mol. The van der Waals surface area contributed by atoms with Gasteiger partial charge < -0.3 is 9.13 Å². The highest BCUT2D eigenvalue weighted by Crippen LogP contribution is 2.44. The number of aromatic nitrogens is 2. The van der Waals surface area contributed by atoms with E-state index in [1.807, 2.05) is 68.4 Å². The van der Waals surface area contributed by atoms with Crippen LogP contribution in [0.3, 0.4) is 0 Å². The van der Waals surface area contributed by atoms with Crippen LogP contribution in [0.25, 0.3) is 66.1 Å². The van der Waals surface area contributed by atoms with Gasteiger partial charge in [0.2, 0.25) is 0 Å². The topological polar surface area (TPSA) is 33.6 Å². The summed E-state index contributed by atoms with van der Waals surface area (Å²) in [5, 5.41) is 15.0. The highest BCUT2D eigenvalue weighted by Gasteiger charge is 2.35. The molecule has 0 bridgehead atoms. The van der Waals surface area contributed by atoms with Crippen LogP contribution in [0.5, 0.6) is 0 Å². The van der Waals surface area contributed by atoms with Crippen LogP contribution >= 0.6 is 0 Å². The molecule has 6 aromatic carbocycles. The lowest BCUT2D eigenvalue weighted by Gasteiger charge is -2.22. The van der Waals surface area contributed by atoms with Crippen LogP contribution < -0.4 is 0 Å². The maximum atomic E-state index is 14.5. The minimum absolute atomic E-state index is 0.0683. The number of fused-ring (bicyclic) bond motifs is 6. The van der Waals surface area contributed by atoms with E-state index in [-0.39, 0.29) is 11.1 Å². The van der Waals surface area contributed by atoms with Crippen molar-refractivity contribution in [1.82, 2.24) is 9.13 Å². The van der Waals surface area contributed by atoms with Gasteiger partial charge in [-0.1, -0.05) is 71.8 Å². The molecule has 0 spiro atoms. The maximum Gasteiger partial charge on any atom is 0.417 e. The molecule has 2 heterocycles. The number of aryl methyl sites for hydroxylation is 3. The Labute approximate surface area is 269 Å². The van der Waals surface area contributed by atoms with E-state index in [0.29, 0.717) is 22.5 Å². The third-order valence-corrected chi connectivity index (χ3v) is 9.20. The molecule has 3 nitrogen and oxygen atoms in total. The molecule has 0 aliphatic rings. The Bertz CT molecular complexity index is 2610. The van der Waals surface area contributed by atoms with Crippen molar-refractivity contribution in [3.05, 3.63) is 143 Å². The summed E-state index contributed by atoms with van der Waals surface area (Å²) in [6.45, 7) is 5.78. The maximum absolute atomic E-state index is 14.5. The summed E-state index contributed by atoms with van der Waals surface area (Å²) in [6.07, 6.45) is -4.58. The first-order chi connectivity index (χ1) is 22.7. The fourth-order valence-corrected chi connectivity index (χ4v) is 7.22. The van der Waals surface area contributed by atoms with Crippen molar-refractivity contribution in [2.24, 2.45) is 0 Å². The van der Waals surface area contributed by atoms with Gasteiger partial charge in [-0.25, -0.2) is 0 Å². The van der Waals surface area contributed by atoms with Crippen LogP contribution in [-0.2, 0) is 6.18 Å². The lowest BCUT2D eigenvalue weighted by atomic mass is 9.92. The van der Waals surface area contributed by atoms with E-state index in [1.165, 1.54) is 6.07 Å². The lowest BCUT2D eigenvalue weighted by Crippen LogP contribution is -2.10. The number of nitrogens with zero attached hydrogens (tertiary/aromatic N) is 3. The number of nitriles is 1. The van der Waals surface area contributed by atoms with E-state index < -0.39 is 11.7 Å². The first-order valence-corrected chi connectivity index (χ1v) is 15.4. The smallest absolute Gasteiger partial charge is 0.307 e. The molecule has 2 aromatic heterocycles. The molecule has 0 amide bonds. The van der Waals surface area contributed by atoms with Crippen LogP contribution in [0, 0.1) is 32.1 Å². The Balaban J connectivity index is 1.61. The first-order valence-electron chi connectivity index (χ1n) is 15.4. The van der Waals surface area contributed by atoms with Crippen molar-refractivity contribution >= 4 is 43.6 Å². The molecule has 0 N–H and O–H groups in total. The number of para-hydroxylation sites is 2. The molecule has 0 unspecified atom stereocenters. The molecule has 0 atom stereocenters. The van der Waals surface area contributed by atoms with Gasteiger partial charge in [-0.2, -0.15) is 18.4 Å². The van der Waals surface area contributed by atoms with Crippen LogP contribution in [0.4, 0.5) is 13.2 Å². The molecule has 0 saturated heterocycles. The van der Waals surface area contributed by atoms with Gasteiger partial charge in [0.15, 0.2) is 0 Å². The molecule has 0 saturated carbocycles. The van der Waals surface area contributed by atoms with E-state index in [2.05, 4.69) is 51.6 Å². The predicted octanol–water partition coefficient (Wildman–Crippen LogP) is 11.4. The summed E-state index contributed by atoms with van der Waals surface area (Å²) in [7, 11) is 0. The highest BCUT2D eigenvalue weighted by atomic mass is 19.4. The minimum atomic E-state index is -4.58. The summed E-state index contributed by atoms with van der Waals surface area (Å²) in [5.74, 6) is 0. The third-order valence-electron chi connectivity index (χ3n) is 9.20. The van der Waals surface area contributed by atoms with Gasteiger partial charge in [0.25, 0.3) is 0 Å². The van der Waals surface area contributed by atoms with E-state index in [9.17, 15) is 18.4 Å². The Morgan fingerprint density at radius 1 is 0.574 bits per heavy atom. The van der Waals surface area contributed by atoms with Crippen LogP contribution in [0.15, 0.2) is 115 Å².